The number of carboxylic acids is 1. The molecule has 0 amide bonds. The number of ketones is 2. The molecule has 0 saturated carbocycles. The molecule has 0 fully saturated rings. The molecule has 0 unspecified atom stereocenters. The maximum atomic E-state index is 12.7. The second-order valence-corrected chi connectivity index (χ2v) is 5.15. The van der Waals surface area contributed by atoms with E-state index in [-0.39, 0.29) is 40.0 Å². The van der Waals surface area contributed by atoms with Crippen molar-refractivity contribution < 1.29 is 29.3 Å². The SMILES string of the molecule is COc1cccc2c1C(=O)c1c(O)cc(CC(=O)O)cc1C2=O. The van der Waals surface area contributed by atoms with E-state index < -0.39 is 23.3 Å². The minimum atomic E-state index is -1.10. The number of rotatable bonds is 3. The van der Waals surface area contributed by atoms with Gasteiger partial charge in [-0.25, -0.2) is 0 Å². The number of phenolic OH excluding ortho intramolecular Hbond substituents is 1. The minimum Gasteiger partial charge on any atom is -0.507 e. The molecule has 1 aliphatic rings. The molecule has 0 aromatic heterocycles. The predicted octanol–water partition coefficient (Wildman–Crippen LogP) is 1.80. The summed E-state index contributed by atoms with van der Waals surface area (Å²) in [5, 5.41) is 19.0. The molecule has 0 saturated heterocycles. The molecule has 2 aromatic rings. The zero-order valence-electron chi connectivity index (χ0n) is 12.1. The number of phenols is 1. The maximum absolute atomic E-state index is 12.7. The quantitative estimate of drug-likeness (QED) is 0.765. The predicted molar refractivity (Wildman–Crippen MR) is 79.3 cm³/mol. The third-order valence-electron chi connectivity index (χ3n) is 3.72. The van der Waals surface area contributed by atoms with Crippen molar-refractivity contribution in [2.45, 2.75) is 6.42 Å². The molecule has 0 radical (unpaired) electrons. The first-order chi connectivity index (χ1) is 10.9. The molecule has 0 spiro atoms. The van der Waals surface area contributed by atoms with Gasteiger partial charge in [-0.2, -0.15) is 0 Å². The third kappa shape index (κ3) is 2.24. The Labute approximate surface area is 130 Å². The lowest BCUT2D eigenvalue weighted by atomic mass is 9.82. The van der Waals surface area contributed by atoms with Crippen LogP contribution in [0.1, 0.15) is 37.4 Å². The fourth-order valence-corrected chi connectivity index (χ4v) is 2.77. The molecular weight excluding hydrogens is 300 g/mol. The first kappa shape index (κ1) is 14.8. The van der Waals surface area contributed by atoms with Crippen LogP contribution in [0.5, 0.6) is 11.5 Å². The number of carbonyl (C=O) groups is 3. The highest BCUT2D eigenvalue weighted by atomic mass is 16.5. The highest BCUT2D eigenvalue weighted by Gasteiger charge is 2.34. The molecular formula is C17H12O6. The second kappa shape index (κ2) is 5.24. The monoisotopic (exact) mass is 312 g/mol. The lowest BCUT2D eigenvalue weighted by Crippen LogP contribution is -2.22. The fourth-order valence-electron chi connectivity index (χ4n) is 2.77. The van der Waals surface area contributed by atoms with Crippen molar-refractivity contribution in [1.29, 1.82) is 0 Å². The van der Waals surface area contributed by atoms with Gasteiger partial charge in [0.05, 0.1) is 24.7 Å². The summed E-state index contributed by atoms with van der Waals surface area (Å²) in [5.74, 6) is -2.22. The average Bonchev–Trinajstić information content (AvgIpc) is 2.50. The lowest BCUT2D eigenvalue weighted by Gasteiger charge is -2.20. The van der Waals surface area contributed by atoms with Crippen molar-refractivity contribution in [3.05, 3.63) is 58.1 Å². The number of methoxy groups -OCH3 is 1. The molecule has 116 valence electrons. The van der Waals surface area contributed by atoms with Crippen molar-refractivity contribution in [1.82, 2.24) is 0 Å². The Balaban J connectivity index is 2.25. The van der Waals surface area contributed by atoms with Gasteiger partial charge in [0.1, 0.15) is 11.5 Å². The second-order valence-electron chi connectivity index (χ2n) is 5.15. The molecule has 2 aromatic carbocycles. The summed E-state index contributed by atoms with van der Waals surface area (Å²) in [4.78, 5) is 36.2. The van der Waals surface area contributed by atoms with Crippen LogP contribution in [0.2, 0.25) is 0 Å². The van der Waals surface area contributed by atoms with Crippen LogP contribution >= 0.6 is 0 Å². The number of aromatic hydroxyl groups is 1. The van der Waals surface area contributed by atoms with Gasteiger partial charge in [-0.15, -0.1) is 0 Å². The van der Waals surface area contributed by atoms with E-state index in [2.05, 4.69) is 0 Å². The number of benzene rings is 2. The number of aliphatic carboxylic acids is 1. The van der Waals surface area contributed by atoms with Crippen LogP contribution in [0.15, 0.2) is 30.3 Å². The molecule has 0 bridgehead atoms. The summed E-state index contributed by atoms with van der Waals surface area (Å²) in [5.41, 5.74) is 0.414. The van der Waals surface area contributed by atoms with E-state index in [1.165, 1.54) is 25.3 Å². The molecule has 0 aliphatic heterocycles. The van der Waals surface area contributed by atoms with Crippen molar-refractivity contribution in [2.24, 2.45) is 0 Å². The van der Waals surface area contributed by atoms with Gasteiger partial charge in [-0.1, -0.05) is 12.1 Å². The summed E-state index contributed by atoms with van der Waals surface area (Å²) < 4.78 is 5.13. The van der Waals surface area contributed by atoms with Gasteiger partial charge < -0.3 is 14.9 Å². The average molecular weight is 312 g/mol. The summed E-state index contributed by atoms with van der Waals surface area (Å²) in [7, 11) is 1.39. The van der Waals surface area contributed by atoms with E-state index in [1.807, 2.05) is 0 Å². The van der Waals surface area contributed by atoms with E-state index in [0.717, 1.165) is 0 Å². The zero-order chi connectivity index (χ0) is 16.7. The van der Waals surface area contributed by atoms with E-state index in [9.17, 15) is 19.5 Å². The summed E-state index contributed by atoms with van der Waals surface area (Å²) in [6, 6.07) is 7.19. The lowest BCUT2D eigenvalue weighted by molar-refractivity contribution is -0.136. The zero-order valence-corrected chi connectivity index (χ0v) is 12.1. The third-order valence-corrected chi connectivity index (χ3v) is 3.72. The smallest absolute Gasteiger partial charge is 0.307 e. The number of hydrogen-bond donors (Lipinski definition) is 2. The van der Waals surface area contributed by atoms with Gasteiger partial charge in [0, 0.05) is 11.1 Å². The van der Waals surface area contributed by atoms with E-state index in [0.29, 0.717) is 0 Å². The highest BCUT2D eigenvalue weighted by molar-refractivity contribution is 6.30. The van der Waals surface area contributed by atoms with Gasteiger partial charge in [-0.3, -0.25) is 14.4 Å². The van der Waals surface area contributed by atoms with Gasteiger partial charge in [0.15, 0.2) is 5.78 Å². The Morgan fingerprint density at radius 3 is 2.48 bits per heavy atom. The van der Waals surface area contributed by atoms with Crippen molar-refractivity contribution >= 4 is 17.5 Å². The van der Waals surface area contributed by atoms with Crippen LogP contribution in [-0.2, 0) is 11.2 Å². The Hall–Kier alpha value is -3.15. The Kier molecular flexibility index (Phi) is 3.37. The van der Waals surface area contributed by atoms with Gasteiger partial charge in [0.25, 0.3) is 0 Å². The molecule has 23 heavy (non-hydrogen) atoms. The van der Waals surface area contributed by atoms with Crippen LogP contribution in [0.4, 0.5) is 0 Å². The van der Waals surface area contributed by atoms with E-state index >= 15 is 0 Å². The fraction of sp³-hybridized carbons (Fsp3) is 0.118. The van der Waals surface area contributed by atoms with Crippen LogP contribution in [0.3, 0.4) is 0 Å². The molecule has 6 heteroatoms. The van der Waals surface area contributed by atoms with Gasteiger partial charge >= 0.3 is 5.97 Å². The molecule has 0 heterocycles. The Bertz CT molecular complexity index is 866. The number of carbonyl (C=O) groups excluding carboxylic acids is 2. The largest absolute Gasteiger partial charge is 0.507 e. The van der Waals surface area contributed by atoms with Gasteiger partial charge in [0.2, 0.25) is 5.78 Å². The number of fused-ring (bicyclic) bond motifs is 2. The topological polar surface area (TPSA) is 101 Å². The first-order valence-corrected chi connectivity index (χ1v) is 6.78. The maximum Gasteiger partial charge on any atom is 0.307 e. The molecule has 2 N–H and O–H groups in total. The Morgan fingerprint density at radius 1 is 1.09 bits per heavy atom. The standard InChI is InChI=1S/C17H12O6/c1-23-12-4-2-3-9-15(12)17(22)14-10(16(9)21)5-8(6-11(14)18)7-13(19)20/h2-6,18H,7H2,1H3,(H,19,20). The molecule has 1 aliphatic carbocycles. The van der Waals surface area contributed by atoms with Gasteiger partial charge in [-0.05, 0) is 23.8 Å². The molecule has 0 atom stereocenters. The van der Waals surface area contributed by atoms with E-state index in [4.69, 9.17) is 9.84 Å². The van der Waals surface area contributed by atoms with E-state index in [1.54, 1.807) is 12.1 Å². The van der Waals surface area contributed by atoms with Crippen molar-refractivity contribution in [2.75, 3.05) is 7.11 Å². The highest BCUT2D eigenvalue weighted by Crippen LogP contribution is 2.37. The number of ether oxygens (including phenoxy) is 1. The van der Waals surface area contributed by atoms with Crippen LogP contribution in [0.25, 0.3) is 0 Å². The first-order valence-electron chi connectivity index (χ1n) is 6.78. The normalized spacial score (nSPS) is 12.6. The molecule has 6 nitrogen and oxygen atoms in total. The van der Waals surface area contributed by atoms with Crippen molar-refractivity contribution in [3.63, 3.8) is 0 Å². The summed E-state index contributed by atoms with van der Waals surface area (Å²) in [6.07, 6.45) is -0.354. The number of carboxylic acid groups (broad SMARTS) is 1. The minimum absolute atomic E-state index is 0.00648. The summed E-state index contributed by atoms with van der Waals surface area (Å²) >= 11 is 0. The van der Waals surface area contributed by atoms with Crippen molar-refractivity contribution in [3.8, 4) is 11.5 Å². The Morgan fingerprint density at radius 2 is 1.83 bits per heavy atom. The number of hydrogen-bond acceptors (Lipinski definition) is 5. The summed E-state index contributed by atoms with van der Waals surface area (Å²) in [6.45, 7) is 0. The van der Waals surface area contributed by atoms with Crippen LogP contribution < -0.4 is 4.74 Å². The molecule has 3 rings (SSSR count). The van der Waals surface area contributed by atoms with Crippen LogP contribution in [0, 0.1) is 0 Å². The van der Waals surface area contributed by atoms with Crippen LogP contribution in [-0.4, -0.2) is 34.9 Å².